The molecule has 6 heteroatoms. The van der Waals surface area contributed by atoms with Crippen molar-refractivity contribution in [2.75, 3.05) is 26.9 Å². The van der Waals surface area contributed by atoms with Crippen LogP contribution >= 0.6 is 0 Å². The predicted octanol–water partition coefficient (Wildman–Crippen LogP) is 1.92. The second kappa shape index (κ2) is 7.17. The standard InChI is InChI=1S/C15H23FN2O3/c1-3-21-15(6-8-20-9-7-15)14(18-17)12-5-4-11(19-2)10-13(12)16/h4-5,10,14,18H,3,6-9,17H2,1-2H3. The van der Waals surface area contributed by atoms with E-state index in [0.29, 0.717) is 44.0 Å². The first-order chi connectivity index (χ1) is 10.2. The molecule has 1 aromatic rings. The molecule has 5 nitrogen and oxygen atoms in total. The Morgan fingerprint density at radius 1 is 1.43 bits per heavy atom. The summed E-state index contributed by atoms with van der Waals surface area (Å²) < 4.78 is 30.8. The van der Waals surface area contributed by atoms with Gasteiger partial charge in [0.1, 0.15) is 11.6 Å². The molecule has 1 atom stereocenters. The van der Waals surface area contributed by atoms with E-state index in [1.165, 1.54) is 13.2 Å². The van der Waals surface area contributed by atoms with Crippen molar-refractivity contribution in [3.05, 3.63) is 29.6 Å². The molecule has 0 bridgehead atoms. The third kappa shape index (κ3) is 3.35. The minimum absolute atomic E-state index is 0.358. The van der Waals surface area contributed by atoms with Crippen LogP contribution in [0.25, 0.3) is 0 Å². The largest absolute Gasteiger partial charge is 0.497 e. The number of nitrogens with one attached hydrogen (secondary N) is 1. The van der Waals surface area contributed by atoms with Crippen LogP contribution in [0.2, 0.25) is 0 Å². The van der Waals surface area contributed by atoms with Crippen LogP contribution in [-0.2, 0) is 9.47 Å². The van der Waals surface area contributed by atoms with E-state index in [-0.39, 0.29) is 5.82 Å². The molecule has 1 aliphatic heterocycles. The Morgan fingerprint density at radius 2 is 2.14 bits per heavy atom. The van der Waals surface area contributed by atoms with Gasteiger partial charge in [0.05, 0.1) is 18.8 Å². The Balaban J connectivity index is 2.36. The lowest BCUT2D eigenvalue weighted by Gasteiger charge is -2.43. The molecular weight excluding hydrogens is 275 g/mol. The number of ether oxygens (including phenoxy) is 3. The van der Waals surface area contributed by atoms with Gasteiger partial charge in [-0.25, -0.2) is 9.82 Å². The van der Waals surface area contributed by atoms with Gasteiger partial charge in [-0.3, -0.25) is 5.84 Å². The maximum atomic E-state index is 14.4. The molecule has 1 fully saturated rings. The number of rotatable bonds is 6. The van der Waals surface area contributed by atoms with E-state index < -0.39 is 11.6 Å². The van der Waals surface area contributed by atoms with E-state index in [9.17, 15) is 4.39 Å². The molecule has 0 spiro atoms. The molecule has 3 N–H and O–H groups in total. The Hall–Kier alpha value is -1.21. The molecule has 1 saturated heterocycles. The average molecular weight is 298 g/mol. The smallest absolute Gasteiger partial charge is 0.131 e. The highest BCUT2D eigenvalue weighted by Crippen LogP contribution is 2.38. The molecule has 1 aromatic carbocycles. The number of benzene rings is 1. The molecule has 118 valence electrons. The summed E-state index contributed by atoms with van der Waals surface area (Å²) in [6, 6.07) is 4.34. The molecule has 0 aliphatic carbocycles. The Kier molecular flexibility index (Phi) is 5.52. The zero-order valence-electron chi connectivity index (χ0n) is 12.5. The monoisotopic (exact) mass is 298 g/mol. The van der Waals surface area contributed by atoms with Gasteiger partial charge in [-0.1, -0.05) is 6.07 Å². The number of nitrogens with two attached hydrogens (primary N) is 1. The number of hydrazine groups is 1. The quantitative estimate of drug-likeness (QED) is 0.620. The summed E-state index contributed by atoms with van der Waals surface area (Å²) in [5, 5.41) is 0. The van der Waals surface area contributed by atoms with Crippen molar-refractivity contribution in [2.24, 2.45) is 5.84 Å². The fourth-order valence-electron chi connectivity index (χ4n) is 2.91. The summed E-state index contributed by atoms with van der Waals surface area (Å²) in [6.07, 6.45) is 1.34. The van der Waals surface area contributed by atoms with Crippen LogP contribution in [-0.4, -0.2) is 32.5 Å². The van der Waals surface area contributed by atoms with Crippen LogP contribution in [0.3, 0.4) is 0 Å². The third-order valence-electron chi connectivity index (χ3n) is 3.98. The minimum atomic E-state index is -0.558. The van der Waals surface area contributed by atoms with Gasteiger partial charge >= 0.3 is 0 Å². The maximum Gasteiger partial charge on any atom is 0.131 e. The molecule has 21 heavy (non-hydrogen) atoms. The summed E-state index contributed by atoms with van der Waals surface area (Å²) >= 11 is 0. The topological polar surface area (TPSA) is 65.7 Å². The van der Waals surface area contributed by atoms with E-state index in [1.807, 2.05) is 6.92 Å². The van der Waals surface area contributed by atoms with Crippen LogP contribution in [0.1, 0.15) is 31.4 Å². The third-order valence-corrected chi connectivity index (χ3v) is 3.98. The maximum absolute atomic E-state index is 14.4. The van der Waals surface area contributed by atoms with Gasteiger partial charge in [-0.15, -0.1) is 0 Å². The molecule has 1 heterocycles. The van der Waals surface area contributed by atoms with Crippen LogP contribution in [0.4, 0.5) is 4.39 Å². The highest BCUT2D eigenvalue weighted by molar-refractivity contribution is 5.32. The molecule has 1 aliphatic rings. The van der Waals surface area contributed by atoms with Crippen LogP contribution < -0.4 is 16.0 Å². The van der Waals surface area contributed by atoms with Gasteiger partial charge in [-0.2, -0.15) is 0 Å². The molecule has 0 aromatic heterocycles. The zero-order valence-corrected chi connectivity index (χ0v) is 12.5. The van der Waals surface area contributed by atoms with Crippen molar-refractivity contribution < 1.29 is 18.6 Å². The van der Waals surface area contributed by atoms with Gasteiger partial charge in [0.25, 0.3) is 0 Å². The van der Waals surface area contributed by atoms with Crippen LogP contribution in [0, 0.1) is 5.82 Å². The first-order valence-corrected chi connectivity index (χ1v) is 7.18. The van der Waals surface area contributed by atoms with Gasteiger partial charge in [0.2, 0.25) is 0 Å². The molecule has 1 unspecified atom stereocenters. The van der Waals surface area contributed by atoms with Crippen molar-refractivity contribution in [2.45, 2.75) is 31.4 Å². The van der Waals surface area contributed by atoms with Gasteiger partial charge < -0.3 is 14.2 Å². The highest BCUT2D eigenvalue weighted by atomic mass is 19.1. The van der Waals surface area contributed by atoms with E-state index in [1.54, 1.807) is 12.1 Å². The van der Waals surface area contributed by atoms with Crippen LogP contribution in [0.5, 0.6) is 5.75 Å². The van der Waals surface area contributed by atoms with Crippen molar-refractivity contribution >= 4 is 0 Å². The summed E-state index contributed by atoms with van der Waals surface area (Å²) in [5.74, 6) is 5.84. The molecule has 0 saturated carbocycles. The minimum Gasteiger partial charge on any atom is -0.497 e. The molecule has 0 amide bonds. The summed E-state index contributed by atoms with van der Waals surface area (Å²) in [7, 11) is 1.51. The van der Waals surface area contributed by atoms with E-state index in [4.69, 9.17) is 20.1 Å². The zero-order chi connectivity index (χ0) is 15.3. The Bertz CT molecular complexity index is 459. The summed E-state index contributed by atoms with van der Waals surface area (Å²) in [4.78, 5) is 0. The molecular formula is C15H23FN2O3. The second-order valence-electron chi connectivity index (χ2n) is 5.10. The average Bonchev–Trinajstić information content (AvgIpc) is 2.50. The number of halogens is 1. The lowest BCUT2D eigenvalue weighted by atomic mass is 9.82. The molecule has 0 radical (unpaired) electrons. The van der Waals surface area contributed by atoms with Crippen LogP contribution in [0.15, 0.2) is 18.2 Å². The Morgan fingerprint density at radius 3 is 2.67 bits per heavy atom. The first-order valence-electron chi connectivity index (χ1n) is 7.18. The summed E-state index contributed by atoms with van der Waals surface area (Å²) in [6.45, 7) is 3.62. The van der Waals surface area contributed by atoms with E-state index in [2.05, 4.69) is 5.43 Å². The van der Waals surface area contributed by atoms with Gasteiger partial charge in [-0.05, 0) is 13.0 Å². The lowest BCUT2D eigenvalue weighted by Crippen LogP contribution is -2.52. The van der Waals surface area contributed by atoms with Gasteiger partial charge in [0, 0.05) is 44.3 Å². The SMILES string of the molecule is CCOC1(C(NN)c2ccc(OC)cc2F)CCOCC1. The van der Waals surface area contributed by atoms with Crippen molar-refractivity contribution in [1.82, 2.24) is 5.43 Å². The predicted molar refractivity (Wildman–Crippen MR) is 77.4 cm³/mol. The Labute approximate surface area is 124 Å². The lowest BCUT2D eigenvalue weighted by molar-refractivity contribution is -0.128. The summed E-state index contributed by atoms with van der Waals surface area (Å²) in [5.41, 5.74) is 2.65. The van der Waals surface area contributed by atoms with Crippen molar-refractivity contribution in [1.29, 1.82) is 0 Å². The number of hydrogen-bond acceptors (Lipinski definition) is 5. The van der Waals surface area contributed by atoms with E-state index >= 15 is 0 Å². The first kappa shape index (κ1) is 16.2. The molecule has 2 rings (SSSR count). The fourth-order valence-corrected chi connectivity index (χ4v) is 2.91. The number of hydrogen-bond donors (Lipinski definition) is 2. The van der Waals surface area contributed by atoms with Crippen molar-refractivity contribution in [3.63, 3.8) is 0 Å². The normalized spacial score (nSPS) is 19.2. The number of methoxy groups -OCH3 is 1. The highest BCUT2D eigenvalue weighted by Gasteiger charge is 2.42. The fraction of sp³-hybridized carbons (Fsp3) is 0.600. The van der Waals surface area contributed by atoms with E-state index in [0.717, 1.165) is 0 Å². The van der Waals surface area contributed by atoms with Gasteiger partial charge in [0.15, 0.2) is 0 Å². The second-order valence-corrected chi connectivity index (χ2v) is 5.10. The van der Waals surface area contributed by atoms with Crippen molar-refractivity contribution in [3.8, 4) is 5.75 Å².